The van der Waals surface area contributed by atoms with Crippen LogP contribution in [0.25, 0.3) is 0 Å². The van der Waals surface area contributed by atoms with Crippen LogP contribution in [0, 0.1) is 5.92 Å². The van der Waals surface area contributed by atoms with Crippen LogP contribution >= 0.6 is 24.0 Å². The Hall–Kier alpha value is -0.240. The maximum atomic E-state index is 5.84. The molecule has 0 bridgehead atoms. The number of hydrogen-bond acceptors (Lipinski definition) is 1. The van der Waals surface area contributed by atoms with Gasteiger partial charge in [-0.3, -0.25) is 0 Å². The first-order valence-corrected chi connectivity index (χ1v) is 5.67. The number of hydrogen-bond donors (Lipinski definition) is 1. The molecule has 0 saturated carbocycles. The molecule has 1 heterocycles. The summed E-state index contributed by atoms with van der Waals surface area (Å²) in [5.41, 5.74) is 1.41. The van der Waals surface area contributed by atoms with Gasteiger partial charge in [-0.15, -0.1) is 12.4 Å². The molecular formula is C12H17Cl2N. The van der Waals surface area contributed by atoms with E-state index in [2.05, 4.69) is 17.4 Å². The number of piperidine rings is 1. The topological polar surface area (TPSA) is 12.0 Å². The van der Waals surface area contributed by atoms with E-state index in [0.29, 0.717) is 0 Å². The van der Waals surface area contributed by atoms with Crippen LogP contribution in [0.3, 0.4) is 0 Å². The van der Waals surface area contributed by atoms with Crippen molar-refractivity contribution in [2.75, 3.05) is 13.1 Å². The Morgan fingerprint density at radius 1 is 1.27 bits per heavy atom. The largest absolute Gasteiger partial charge is 0.316 e. The average molecular weight is 246 g/mol. The molecular weight excluding hydrogens is 229 g/mol. The number of benzene rings is 1. The second-order valence-corrected chi connectivity index (χ2v) is 4.48. The molecule has 1 aromatic rings. The van der Waals surface area contributed by atoms with Gasteiger partial charge in [0.25, 0.3) is 0 Å². The van der Waals surface area contributed by atoms with E-state index in [1.807, 2.05) is 12.1 Å². The van der Waals surface area contributed by atoms with Crippen molar-refractivity contribution in [2.24, 2.45) is 5.92 Å². The van der Waals surface area contributed by atoms with Crippen molar-refractivity contribution in [1.29, 1.82) is 0 Å². The lowest BCUT2D eigenvalue weighted by atomic mass is 9.92. The van der Waals surface area contributed by atoms with Gasteiger partial charge in [-0.1, -0.05) is 23.7 Å². The lowest BCUT2D eigenvalue weighted by molar-refractivity contribution is 0.376. The molecule has 0 spiro atoms. The minimum atomic E-state index is 0. The highest BCUT2D eigenvalue weighted by Crippen LogP contribution is 2.17. The van der Waals surface area contributed by atoms with Crippen molar-refractivity contribution in [1.82, 2.24) is 5.32 Å². The highest BCUT2D eigenvalue weighted by molar-refractivity contribution is 6.30. The maximum absolute atomic E-state index is 5.84. The molecule has 1 unspecified atom stereocenters. The second-order valence-electron chi connectivity index (χ2n) is 4.04. The van der Waals surface area contributed by atoms with E-state index in [-0.39, 0.29) is 12.4 Å². The zero-order chi connectivity index (χ0) is 9.80. The molecule has 2 rings (SSSR count). The minimum Gasteiger partial charge on any atom is -0.316 e. The molecule has 0 amide bonds. The van der Waals surface area contributed by atoms with Crippen molar-refractivity contribution >= 4 is 24.0 Å². The predicted octanol–water partition coefficient (Wildman–Crippen LogP) is 3.30. The van der Waals surface area contributed by atoms with Crippen molar-refractivity contribution in [2.45, 2.75) is 19.3 Å². The van der Waals surface area contributed by atoms with Gasteiger partial charge in [0.1, 0.15) is 0 Å². The van der Waals surface area contributed by atoms with Gasteiger partial charge in [0.2, 0.25) is 0 Å². The molecule has 1 saturated heterocycles. The lowest BCUT2D eigenvalue weighted by Gasteiger charge is -2.22. The van der Waals surface area contributed by atoms with Crippen LogP contribution in [0.2, 0.25) is 5.02 Å². The van der Waals surface area contributed by atoms with Gasteiger partial charge in [-0.25, -0.2) is 0 Å². The molecule has 0 aliphatic carbocycles. The maximum Gasteiger partial charge on any atom is 0.0406 e. The molecule has 0 radical (unpaired) electrons. The fourth-order valence-corrected chi connectivity index (χ4v) is 2.18. The zero-order valence-corrected chi connectivity index (χ0v) is 10.3. The molecule has 1 aliphatic rings. The van der Waals surface area contributed by atoms with E-state index in [9.17, 15) is 0 Å². The Kier molecular flexibility index (Phi) is 5.44. The van der Waals surface area contributed by atoms with Crippen LogP contribution in [-0.4, -0.2) is 13.1 Å². The predicted molar refractivity (Wildman–Crippen MR) is 68.0 cm³/mol. The first-order chi connectivity index (χ1) is 6.84. The van der Waals surface area contributed by atoms with E-state index in [0.717, 1.165) is 10.9 Å². The molecule has 1 nitrogen and oxygen atoms in total. The average Bonchev–Trinajstić information content (AvgIpc) is 2.23. The summed E-state index contributed by atoms with van der Waals surface area (Å²) in [6.45, 7) is 2.36. The summed E-state index contributed by atoms with van der Waals surface area (Å²) < 4.78 is 0. The summed E-state index contributed by atoms with van der Waals surface area (Å²) in [6, 6.07) is 8.23. The van der Waals surface area contributed by atoms with Crippen LogP contribution in [0.4, 0.5) is 0 Å². The third-order valence-electron chi connectivity index (χ3n) is 2.84. The number of halogens is 2. The lowest BCUT2D eigenvalue weighted by Crippen LogP contribution is -2.30. The van der Waals surface area contributed by atoms with Gasteiger partial charge < -0.3 is 5.32 Å². The third-order valence-corrected chi connectivity index (χ3v) is 3.09. The minimum absolute atomic E-state index is 0. The molecule has 3 heteroatoms. The molecule has 1 aromatic carbocycles. The summed E-state index contributed by atoms with van der Waals surface area (Å²) in [6.07, 6.45) is 3.86. The Bertz CT molecular complexity index is 278. The molecule has 1 aliphatic heterocycles. The van der Waals surface area contributed by atoms with Crippen molar-refractivity contribution < 1.29 is 0 Å². The van der Waals surface area contributed by atoms with Gasteiger partial charge in [-0.2, -0.15) is 0 Å². The molecule has 1 atom stereocenters. The van der Waals surface area contributed by atoms with Crippen molar-refractivity contribution in [3.05, 3.63) is 34.9 Å². The monoisotopic (exact) mass is 245 g/mol. The summed E-state index contributed by atoms with van der Waals surface area (Å²) in [7, 11) is 0. The van der Waals surface area contributed by atoms with Crippen LogP contribution in [0.15, 0.2) is 24.3 Å². The Morgan fingerprint density at radius 2 is 2.00 bits per heavy atom. The SMILES string of the molecule is Cl.Clc1ccc(CC2CCCNC2)cc1. The highest BCUT2D eigenvalue weighted by atomic mass is 35.5. The zero-order valence-electron chi connectivity index (χ0n) is 8.71. The van der Waals surface area contributed by atoms with Crippen LogP contribution < -0.4 is 5.32 Å². The van der Waals surface area contributed by atoms with Gasteiger partial charge in [0.05, 0.1) is 0 Å². The second kappa shape index (κ2) is 6.37. The van der Waals surface area contributed by atoms with E-state index in [4.69, 9.17) is 11.6 Å². The summed E-state index contributed by atoms with van der Waals surface area (Å²) in [5, 5.41) is 4.27. The Balaban J connectivity index is 0.00000112. The fourth-order valence-electron chi connectivity index (χ4n) is 2.05. The Labute approximate surface area is 103 Å². The van der Waals surface area contributed by atoms with Gasteiger partial charge >= 0.3 is 0 Å². The van der Waals surface area contributed by atoms with E-state index in [1.165, 1.54) is 37.9 Å². The van der Waals surface area contributed by atoms with E-state index in [1.54, 1.807) is 0 Å². The fraction of sp³-hybridized carbons (Fsp3) is 0.500. The van der Waals surface area contributed by atoms with E-state index >= 15 is 0 Å². The van der Waals surface area contributed by atoms with Crippen molar-refractivity contribution in [3.63, 3.8) is 0 Å². The smallest absolute Gasteiger partial charge is 0.0406 e. The van der Waals surface area contributed by atoms with Gasteiger partial charge in [0.15, 0.2) is 0 Å². The van der Waals surface area contributed by atoms with Crippen molar-refractivity contribution in [3.8, 4) is 0 Å². The normalized spacial score (nSPS) is 20.7. The number of nitrogens with one attached hydrogen (secondary N) is 1. The van der Waals surface area contributed by atoms with Gasteiger partial charge in [-0.05, 0) is 56.0 Å². The summed E-state index contributed by atoms with van der Waals surface area (Å²) in [5.74, 6) is 0.810. The number of rotatable bonds is 2. The Morgan fingerprint density at radius 3 is 2.60 bits per heavy atom. The van der Waals surface area contributed by atoms with Crippen LogP contribution in [0.5, 0.6) is 0 Å². The molecule has 15 heavy (non-hydrogen) atoms. The third kappa shape index (κ3) is 4.02. The van der Waals surface area contributed by atoms with Crippen LogP contribution in [-0.2, 0) is 6.42 Å². The molecule has 1 N–H and O–H groups in total. The quantitative estimate of drug-likeness (QED) is 0.844. The molecule has 1 fully saturated rings. The molecule has 84 valence electrons. The first-order valence-electron chi connectivity index (χ1n) is 5.30. The summed E-state index contributed by atoms with van der Waals surface area (Å²) in [4.78, 5) is 0. The standard InChI is InChI=1S/C12H16ClN.ClH/c13-12-5-3-10(4-6-12)8-11-2-1-7-14-9-11;/h3-6,11,14H,1-2,7-9H2;1H. The van der Waals surface area contributed by atoms with E-state index < -0.39 is 0 Å². The van der Waals surface area contributed by atoms with Crippen LogP contribution in [0.1, 0.15) is 18.4 Å². The highest BCUT2D eigenvalue weighted by Gasteiger charge is 2.12. The molecule has 0 aromatic heterocycles. The first kappa shape index (κ1) is 12.8. The van der Waals surface area contributed by atoms with Gasteiger partial charge in [0, 0.05) is 5.02 Å². The summed E-state index contributed by atoms with van der Waals surface area (Å²) >= 11 is 5.84.